The molecule has 110 valence electrons. The van der Waals surface area contributed by atoms with E-state index in [4.69, 9.17) is 0 Å². The van der Waals surface area contributed by atoms with E-state index in [1.54, 1.807) is 19.1 Å². The smallest absolute Gasteiger partial charge is 0.255 e. The van der Waals surface area contributed by atoms with Gasteiger partial charge in [0.2, 0.25) is 0 Å². The van der Waals surface area contributed by atoms with Gasteiger partial charge >= 0.3 is 0 Å². The SMILES string of the molecule is Cc1cc(C(=O)Nc2ccc(C(C)(C)C)cc2)ccc1O. The molecule has 2 aromatic rings. The van der Waals surface area contributed by atoms with Gasteiger partial charge in [-0.1, -0.05) is 32.9 Å². The first-order valence-electron chi connectivity index (χ1n) is 6.99. The largest absolute Gasteiger partial charge is 0.508 e. The van der Waals surface area contributed by atoms with Crippen molar-refractivity contribution in [3.63, 3.8) is 0 Å². The minimum atomic E-state index is -0.179. The molecule has 21 heavy (non-hydrogen) atoms. The lowest BCUT2D eigenvalue weighted by molar-refractivity contribution is 0.102. The number of benzene rings is 2. The Morgan fingerprint density at radius 3 is 2.19 bits per heavy atom. The van der Waals surface area contributed by atoms with Crippen LogP contribution in [0.2, 0.25) is 0 Å². The fourth-order valence-corrected chi connectivity index (χ4v) is 2.05. The maximum absolute atomic E-state index is 12.2. The van der Waals surface area contributed by atoms with E-state index >= 15 is 0 Å². The maximum atomic E-state index is 12.2. The highest BCUT2D eigenvalue weighted by atomic mass is 16.3. The summed E-state index contributed by atoms with van der Waals surface area (Å²) in [6.45, 7) is 8.23. The second-order valence-electron chi connectivity index (χ2n) is 6.28. The summed E-state index contributed by atoms with van der Waals surface area (Å²) in [5.41, 5.74) is 3.30. The molecule has 3 heteroatoms. The number of amides is 1. The van der Waals surface area contributed by atoms with Crippen molar-refractivity contribution >= 4 is 11.6 Å². The van der Waals surface area contributed by atoms with Gasteiger partial charge in [0.25, 0.3) is 5.91 Å². The molecule has 2 N–H and O–H groups in total. The van der Waals surface area contributed by atoms with E-state index < -0.39 is 0 Å². The molecule has 0 aliphatic carbocycles. The van der Waals surface area contributed by atoms with Gasteiger partial charge in [-0.2, -0.15) is 0 Å². The van der Waals surface area contributed by atoms with Gasteiger partial charge in [-0.3, -0.25) is 4.79 Å². The van der Waals surface area contributed by atoms with E-state index in [1.807, 2.05) is 24.3 Å². The van der Waals surface area contributed by atoms with Crippen LogP contribution in [0.15, 0.2) is 42.5 Å². The average molecular weight is 283 g/mol. The Balaban J connectivity index is 2.14. The summed E-state index contributed by atoms with van der Waals surface area (Å²) in [6.07, 6.45) is 0. The molecule has 0 radical (unpaired) electrons. The minimum Gasteiger partial charge on any atom is -0.508 e. The number of phenolic OH excluding ortho intramolecular Hbond substituents is 1. The van der Waals surface area contributed by atoms with Crippen molar-refractivity contribution in [2.45, 2.75) is 33.1 Å². The first kappa shape index (κ1) is 15.1. The van der Waals surface area contributed by atoms with Gasteiger partial charge in [-0.15, -0.1) is 0 Å². The Morgan fingerprint density at radius 1 is 1.05 bits per heavy atom. The molecule has 3 nitrogen and oxygen atoms in total. The van der Waals surface area contributed by atoms with Crippen LogP contribution in [0.3, 0.4) is 0 Å². The number of carbonyl (C=O) groups excluding carboxylic acids is 1. The van der Waals surface area contributed by atoms with Crippen LogP contribution in [0.5, 0.6) is 5.75 Å². The van der Waals surface area contributed by atoms with Crippen LogP contribution < -0.4 is 5.32 Å². The highest BCUT2D eigenvalue weighted by Crippen LogP contribution is 2.24. The van der Waals surface area contributed by atoms with E-state index in [-0.39, 0.29) is 17.1 Å². The molecule has 1 amide bonds. The van der Waals surface area contributed by atoms with E-state index in [2.05, 4.69) is 26.1 Å². The average Bonchev–Trinajstić information content (AvgIpc) is 2.41. The number of carbonyl (C=O) groups is 1. The molecule has 0 unspecified atom stereocenters. The first-order valence-corrected chi connectivity index (χ1v) is 6.99. The second-order valence-corrected chi connectivity index (χ2v) is 6.28. The third kappa shape index (κ3) is 3.63. The van der Waals surface area contributed by atoms with Gasteiger partial charge in [0.05, 0.1) is 0 Å². The second kappa shape index (κ2) is 5.60. The minimum absolute atomic E-state index is 0.0939. The molecule has 0 spiro atoms. The van der Waals surface area contributed by atoms with E-state index in [1.165, 1.54) is 11.6 Å². The van der Waals surface area contributed by atoms with Crippen molar-refractivity contribution in [3.05, 3.63) is 59.2 Å². The number of nitrogens with one attached hydrogen (secondary N) is 1. The quantitative estimate of drug-likeness (QED) is 0.865. The topological polar surface area (TPSA) is 49.3 Å². The van der Waals surface area contributed by atoms with Crippen molar-refractivity contribution in [1.29, 1.82) is 0 Å². The van der Waals surface area contributed by atoms with Gasteiger partial charge < -0.3 is 10.4 Å². The predicted molar refractivity (Wildman–Crippen MR) is 85.9 cm³/mol. The van der Waals surface area contributed by atoms with Gasteiger partial charge in [0, 0.05) is 11.3 Å². The molecule has 0 saturated carbocycles. The Morgan fingerprint density at radius 2 is 1.67 bits per heavy atom. The van der Waals surface area contributed by atoms with Crippen LogP contribution in [-0.2, 0) is 5.41 Å². The van der Waals surface area contributed by atoms with Gasteiger partial charge in [0.15, 0.2) is 0 Å². The Labute approximate surface area is 125 Å². The lowest BCUT2D eigenvalue weighted by Crippen LogP contribution is -2.13. The Hall–Kier alpha value is -2.29. The molecule has 0 atom stereocenters. The van der Waals surface area contributed by atoms with Crippen molar-refractivity contribution < 1.29 is 9.90 Å². The fraction of sp³-hybridized carbons (Fsp3) is 0.278. The molecule has 0 fully saturated rings. The van der Waals surface area contributed by atoms with Crippen molar-refractivity contribution in [3.8, 4) is 5.75 Å². The van der Waals surface area contributed by atoms with Crippen molar-refractivity contribution in [1.82, 2.24) is 0 Å². The summed E-state index contributed by atoms with van der Waals surface area (Å²) in [5, 5.41) is 12.4. The molecular weight excluding hydrogens is 262 g/mol. The normalized spacial score (nSPS) is 11.2. The molecule has 2 aromatic carbocycles. The molecule has 0 bridgehead atoms. The van der Waals surface area contributed by atoms with Crippen molar-refractivity contribution in [2.24, 2.45) is 0 Å². The van der Waals surface area contributed by atoms with Gasteiger partial charge in [0.1, 0.15) is 5.75 Å². The van der Waals surface area contributed by atoms with Crippen LogP contribution in [0.25, 0.3) is 0 Å². The van der Waals surface area contributed by atoms with E-state index in [0.29, 0.717) is 11.1 Å². The zero-order chi connectivity index (χ0) is 15.6. The van der Waals surface area contributed by atoms with Gasteiger partial charge in [-0.25, -0.2) is 0 Å². The molecular formula is C18H21NO2. The number of rotatable bonds is 2. The van der Waals surface area contributed by atoms with Crippen LogP contribution in [-0.4, -0.2) is 11.0 Å². The molecule has 0 saturated heterocycles. The lowest BCUT2D eigenvalue weighted by atomic mass is 9.87. The summed E-state index contributed by atoms with van der Waals surface area (Å²) >= 11 is 0. The monoisotopic (exact) mass is 283 g/mol. The molecule has 0 aliphatic rings. The number of anilines is 1. The lowest BCUT2D eigenvalue weighted by Gasteiger charge is -2.19. The standard InChI is InChI=1S/C18H21NO2/c1-12-11-13(5-10-16(12)20)17(21)19-15-8-6-14(7-9-15)18(2,3)4/h5-11,20H,1-4H3,(H,19,21). The number of aromatic hydroxyl groups is 1. The van der Waals surface area contributed by atoms with Gasteiger partial charge in [-0.05, 0) is 53.8 Å². The summed E-state index contributed by atoms with van der Waals surface area (Å²) in [7, 11) is 0. The van der Waals surface area contributed by atoms with E-state index in [0.717, 1.165) is 5.69 Å². The highest BCUT2D eigenvalue weighted by molar-refractivity contribution is 6.04. The van der Waals surface area contributed by atoms with Crippen molar-refractivity contribution in [2.75, 3.05) is 5.32 Å². The third-order valence-electron chi connectivity index (χ3n) is 3.47. The Bertz CT molecular complexity index is 652. The van der Waals surface area contributed by atoms with Crippen LogP contribution in [0.1, 0.15) is 42.3 Å². The molecule has 0 aliphatic heterocycles. The predicted octanol–water partition coefficient (Wildman–Crippen LogP) is 4.25. The number of phenols is 1. The summed E-state index contributed by atoms with van der Waals surface area (Å²) < 4.78 is 0. The summed E-state index contributed by atoms with van der Waals surface area (Å²) in [6, 6.07) is 12.7. The summed E-state index contributed by atoms with van der Waals surface area (Å²) in [5.74, 6) is 0.0164. The third-order valence-corrected chi connectivity index (χ3v) is 3.47. The Kier molecular flexibility index (Phi) is 4.03. The van der Waals surface area contributed by atoms with Crippen LogP contribution >= 0.6 is 0 Å². The number of hydrogen-bond donors (Lipinski definition) is 2. The maximum Gasteiger partial charge on any atom is 0.255 e. The number of aryl methyl sites for hydroxylation is 1. The fourth-order valence-electron chi connectivity index (χ4n) is 2.05. The molecule has 0 heterocycles. The zero-order valence-electron chi connectivity index (χ0n) is 12.9. The number of hydrogen-bond acceptors (Lipinski definition) is 2. The van der Waals surface area contributed by atoms with Crippen LogP contribution in [0.4, 0.5) is 5.69 Å². The van der Waals surface area contributed by atoms with E-state index in [9.17, 15) is 9.90 Å². The first-order chi connectivity index (χ1) is 9.77. The highest BCUT2D eigenvalue weighted by Gasteiger charge is 2.13. The molecule has 0 aromatic heterocycles. The molecule has 2 rings (SSSR count). The zero-order valence-corrected chi connectivity index (χ0v) is 12.9. The van der Waals surface area contributed by atoms with Crippen LogP contribution in [0, 0.1) is 6.92 Å². The summed E-state index contributed by atoms with van der Waals surface area (Å²) in [4.78, 5) is 12.2.